The van der Waals surface area contributed by atoms with Crippen molar-refractivity contribution in [1.82, 2.24) is 4.98 Å². The fourth-order valence-corrected chi connectivity index (χ4v) is 3.37. The summed E-state index contributed by atoms with van der Waals surface area (Å²) in [6.07, 6.45) is 1.89. The Morgan fingerprint density at radius 3 is 2.76 bits per heavy atom. The van der Waals surface area contributed by atoms with Crippen molar-refractivity contribution in [2.24, 2.45) is 5.92 Å². The van der Waals surface area contributed by atoms with E-state index in [2.05, 4.69) is 16.6 Å². The largest absolute Gasteiger partial charge is 0.573 e. The van der Waals surface area contributed by atoms with E-state index in [4.69, 9.17) is 0 Å². The number of aromatic nitrogens is 1. The maximum absolute atomic E-state index is 12.3. The van der Waals surface area contributed by atoms with Crippen LogP contribution in [0.2, 0.25) is 0 Å². The molecule has 0 bridgehead atoms. The van der Waals surface area contributed by atoms with Gasteiger partial charge in [0, 0.05) is 17.1 Å². The minimum absolute atomic E-state index is 0.153. The SMILES string of the molecule is CC1CCCC(c2c[nH]c3ccc(OC(F)(F)F)cc23)C1. The molecule has 1 saturated carbocycles. The Morgan fingerprint density at radius 2 is 2.05 bits per heavy atom. The fraction of sp³-hybridized carbons (Fsp3) is 0.500. The van der Waals surface area contributed by atoms with E-state index in [0.29, 0.717) is 11.8 Å². The number of benzene rings is 1. The van der Waals surface area contributed by atoms with Gasteiger partial charge in [0.1, 0.15) is 5.75 Å². The minimum atomic E-state index is -4.65. The standard InChI is InChI=1S/C16H18F3NO/c1-10-3-2-4-11(7-10)14-9-20-15-6-5-12(8-13(14)15)21-16(17,18)19/h5-6,8-11,20H,2-4,7H2,1H3. The van der Waals surface area contributed by atoms with Crippen LogP contribution in [0.3, 0.4) is 0 Å². The average Bonchev–Trinajstić information content (AvgIpc) is 2.80. The monoisotopic (exact) mass is 297 g/mol. The highest BCUT2D eigenvalue weighted by atomic mass is 19.4. The molecule has 1 fully saturated rings. The number of ether oxygens (including phenoxy) is 1. The molecule has 21 heavy (non-hydrogen) atoms. The van der Waals surface area contributed by atoms with Crippen molar-refractivity contribution in [3.8, 4) is 5.75 Å². The molecule has 0 amide bonds. The number of nitrogens with one attached hydrogen (secondary N) is 1. The van der Waals surface area contributed by atoms with Gasteiger partial charge in [-0.3, -0.25) is 0 Å². The zero-order chi connectivity index (χ0) is 15.0. The van der Waals surface area contributed by atoms with Gasteiger partial charge in [-0.15, -0.1) is 13.2 Å². The summed E-state index contributed by atoms with van der Waals surface area (Å²) < 4.78 is 41.1. The molecule has 0 radical (unpaired) electrons. The average molecular weight is 297 g/mol. The van der Waals surface area contributed by atoms with E-state index < -0.39 is 6.36 Å². The smallest absolute Gasteiger partial charge is 0.406 e. The normalized spacial score (nSPS) is 23.4. The third kappa shape index (κ3) is 3.17. The summed E-state index contributed by atoms with van der Waals surface area (Å²) in [6, 6.07) is 4.49. The number of hydrogen-bond donors (Lipinski definition) is 1. The van der Waals surface area contributed by atoms with E-state index in [-0.39, 0.29) is 5.75 Å². The first-order valence-electron chi connectivity index (χ1n) is 7.29. The van der Waals surface area contributed by atoms with Crippen LogP contribution in [-0.2, 0) is 0 Å². The van der Waals surface area contributed by atoms with Gasteiger partial charge in [0.25, 0.3) is 0 Å². The molecular formula is C16H18F3NO. The quantitative estimate of drug-likeness (QED) is 0.793. The molecule has 0 aliphatic heterocycles. The first kappa shape index (κ1) is 14.3. The van der Waals surface area contributed by atoms with Gasteiger partial charge >= 0.3 is 6.36 Å². The number of alkyl halides is 3. The molecule has 1 heterocycles. The van der Waals surface area contributed by atoms with Crippen LogP contribution in [0.15, 0.2) is 24.4 Å². The van der Waals surface area contributed by atoms with Crippen molar-refractivity contribution in [1.29, 1.82) is 0 Å². The zero-order valence-electron chi connectivity index (χ0n) is 11.8. The van der Waals surface area contributed by atoms with Gasteiger partial charge in [-0.05, 0) is 48.4 Å². The number of halogens is 3. The van der Waals surface area contributed by atoms with E-state index in [0.717, 1.165) is 29.3 Å². The van der Waals surface area contributed by atoms with Gasteiger partial charge in [0.15, 0.2) is 0 Å². The van der Waals surface area contributed by atoms with Crippen molar-refractivity contribution in [3.05, 3.63) is 30.0 Å². The lowest BCUT2D eigenvalue weighted by Crippen LogP contribution is -2.17. The number of fused-ring (bicyclic) bond motifs is 1. The highest BCUT2D eigenvalue weighted by Crippen LogP contribution is 2.39. The molecule has 1 N–H and O–H groups in total. The third-order valence-electron chi connectivity index (χ3n) is 4.30. The molecule has 2 unspecified atom stereocenters. The lowest BCUT2D eigenvalue weighted by molar-refractivity contribution is -0.274. The molecular weight excluding hydrogens is 279 g/mol. The zero-order valence-corrected chi connectivity index (χ0v) is 11.8. The summed E-state index contributed by atoms with van der Waals surface area (Å²) in [6.45, 7) is 2.24. The number of rotatable bonds is 2. The molecule has 1 aliphatic carbocycles. The van der Waals surface area contributed by atoms with Gasteiger partial charge in [0.2, 0.25) is 0 Å². The molecule has 5 heteroatoms. The molecule has 2 atom stereocenters. The van der Waals surface area contributed by atoms with Crippen molar-refractivity contribution in [2.75, 3.05) is 0 Å². The lowest BCUT2D eigenvalue weighted by atomic mass is 9.79. The Hall–Kier alpha value is -1.65. The maximum atomic E-state index is 12.3. The Bertz CT molecular complexity index is 632. The van der Waals surface area contributed by atoms with E-state index >= 15 is 0 Å². The summed E-state index contributed by atoms with van der Waals surface area (Å²) in [5.74, 6) is 0.937. The first-order chi connectivity index (χ1) is 9.92. The molecule has 1 aromatic heterocycles. The van der Waals surface area contributed by atoms with Gasteiger partial charge in [-0.2, -0.15) is 0 Å². The molecule has 114 valence electrons. The Morgan fingerprint density at radius 1 is 1.24 bits per heavy atom. The molecule has 3 rings (SSSR count). The molecule has 2 nitrogen and oxygen atoms in total. The van der Waals surface area contributed by atoms with E-state index in [1.807, 2.05) is 6.20 Å². The summed E-state index contributed by atoms with van der Waals surface area (Å²) in [5, 5.41) is 0.843. The highest BCUT2D eigenvalue weighted by molar-refractivity contribution is 5.85. The van der Waals surface area contributed by atoms with Crippen molar-refractivity contribution >= 4 is 10.9 Å². The fourth-order valence-electron chi connectivity index (χ4n) is 3.37. The second kappa shape index (κ2) is 5.28. The predicted octanol–water partition coefficient (Wildman–Crippen LogP) is 5.36. The number of aromatic amines is 1. The number of hydrogen-bond acceptors (Lipinski definition) is 1. The van der Waals surface area contributed by atoms with E-state index in [1.54, 1.807) is 6.07 Å². The highest BCUT2D eigenvalue weighted by Gasteiger charge is 2.31. The summed E-state index contributed by atoms with van der Waals surface area (Å²) in [4.78, 5) is 3.15. The summed E-state index contributed by atoms with van der Waals surface area (Å²) >= 11 is 0. The Labute approximate surface area is 121 Å². The molecule has 1 aromatic carbocycles. The van der Waals surface area contributed by atoms with E-state index in [1.165, 1.54) is 25.0 Å². The predicted molar refractivity (Wildman–Crippen MR) is 75.4 cm³/mol. The van der Waals surface area contributed by atoms with Crippen LogP contribution in [0.4, 0.5) is 13.2 Å². The second-order valence-corrected chi connectivity index (χ2v) is 5.97. The van der Waals surface area contributed by atoms with Crippen LogP contribution in [0.1, 0.15) is 44.1 Å². The van der Waals surface area contributed by atoms with Crippen LogP contribution < -0.4 is 4.74 Å². The Kier molecular flexibility index (Phi) is 3.59. The molecule has 0 spiro atoms. The first-order valence-corrected chi connectivity index (χ1v) is 7.29. The van der Waals surface area contributed by atoms with Crippen molar-refractivity contribution in [3.63, 3.8) is 0 Å². The summed E-state index contributed by atoms with van der Waals surface area (Å²) in [5.41, 5.74) is 1.97. The van der Waals surface area contributed by atoms with Crippen LogP contribution >= 0.6 is 0 Å². The van der Waals surface area contributed by atoms with Gasteiger partial charge in [-0.25, -0.2) is 0 Å². The maximum Gasteiger partial charge on any atom is 0.573 e. The van der Waals surface area contributed by atoms with Crippen LogP contribution in [0.25, 0.3) is 10.9 Å². The van der Waals surface area contributed by atoms with Gasteiger partial charge in [-0.1, -0.05) is 19.8 Å². The molecule has 2 aromatic rings. The topological polar surface area (TPSA) is 25.0 Å². The summed E-state index contributed by atoms with van der Waals surface area (Å²) in [7, 11) is 0. The second-order valence-electron chi connectivity index (χ2n) is 5.97. The Balaban J connectivity index is 1.94. The van der Waals surface area contributed by atoms with Crippen molar-refractivity contribution < 1.29 is 17.9 Å². The van der Waals surface area contributed by atoms with Gasteiger partial charge in [0.05, 0.1) is 0 Å². The minimum Gasteiger partial charge on any atom is -0.406 e. The lowest BCUT2D eigenvalue weighted by Gasteiger charge is -2.26. The third-order valence-corrected chi connectivity index (χ3v) is 4.30. The molecule has 0 saturated heterocycles. The van der Waals surface area contributed by atoms with Crippen LogP contribution in [0, 0.1) is 5.92 Å². The van der Waals surface area contributed by atoms with Crippen molar-refractivity contribution in [2.45, 2.75) is 44.9 Å². The van der Waals surface area contributed by atoms with Crippen LogP contribution in [0.5, 0.6) is 5.75 Å². The number of H-pyrrole nitrogens is 1. The van der Waals surface area contributed by atoms with Gasteiger partial charge < -0.3 is 9.72 Å². The van der Waals surface area contributed by atoms with E-state index in [9.17, 15) is 13.2 Å². The molecule has 1 aliphatic rings. The van der Waals surface area contributed by atoms with Crippen LogP contribution in [-0.4, -0.2) is 11.3 Å².